The lowest BCUT2D eigenvalue weighted by Crippen LogP contribution is -2.27. The van der Waals surface area contributed by atoms with E-state index in [-0.39, 0.29) is 0 Å². The van der Waals surface area contributed by atoms with Gasteiger partial charge in [-0.1, -0.05) is 45.4 Å². The van der Waals surface area contributed by atoms with Crippen molar-refractivity contribution in [3.8, 4) is 5.75 Å². The molecule has 1 aromatic carbocycles. The molecule has 0 heterocycles. The minimum absolute atomic E-state index is 0.656. The predicted molar refractivity (Wildman–Crippen MR) is 91.3 cm³/mol. The second kappa shape index (κ2) is 10.0. The van der Waals surface area contributed by atoms with Crippen LogP contribution in [0.2, 0.25) is 5.02 Å². The van der Waals surface area contributed by atoms with Gasteiger partial charge in [0.1, 0.15) is 12.4 Å². The zero-order chi connectivity index (χ0) is 15.7. The zero-order valence-corrected chi connectivity index (χ0v) is 14.5. The molecule has 0 saturated heterocycles. The van der Waals surface area contributed by atoms with Crippen molar-refractivity contribution in [2.45, 2.75) is 34.2 Å². The Morgan fingerprint density at radius 2 is 1.95 bits per heavy atom. The van der Waals surface area contributed by atoms with E-state index in [0.29, 0.717) is 17.5 Å². The molecular formula is C17H29ClN2O. The first kappa shape index (κ1) is 18.3. The van der Waals surface area contributed by atoms with Crippen LogP contribution in [0.1, 0.15) is 33.3 Å². The molecule has 0 spiro atoms. The molecule has 0 amide bonds. The first-order valence-corrected chi connectivity index (χ1v) is 8.28. The van der Waals surface area contributed by atoms with Gasteiger partial charge in [0, 0.05) is 13.1 Å². The summed E-state index contributed by atoms with van der Waals surface area (Å²) in [5.41, 5.74) is 1.19. The summed E-state index contributed by atoms with van der Waals surface area (Å²) in [7, 11) is 0. The van der Waals surface area contributed by atoms with Crippen LogP contribution in [0.3, 0.4) is 0 Å². The summed E-state index contributed by atoms with van der Waals surface area (Å²) >= 11 is 6.29. The van der Waals surface area contributed by atoms with Gasteiger partial charge >= 0.3 is 0 Å². The van der Waals surface area contributed by atoms with Crippen molar-refractivity contribution in [1.29, 1.82) is 0 Å². The molecule has 0 aliphatic rings. The molecule has 120 valence electrons. The van der Waals surface area contributed by atoms with Gasteiger partial charge in [-0.3, -0.25) is 0 Å². The van der Waals surface area contributed by atoms with E-state index in [4.69, 9.17) is 16.3 Å². The standard InChI is InChI=1S/C17H29ClN2O/c1-5-20(6-2)9-10-21-17-8-7-15(11-16(17)18)13-19-12-14(3)4/h7-8,11,14,19H,5-6,9-10,12-13H2,1-4H3. The zero-order valence-electron chi connectivity index (χ0n) is 13.8. The van der Waals surface area contributed by atoms with Crippen LogP contribution in [-0.4, -0.2) is 37.7 Å². The maximum atomic E-state index is 6.29. The molecule has 0 fully saturated rings. The molecule has 21 heavy (non-hydrogen) atoms. The number of hydrogen-bond acceptors (Lipinski definition) is 3. The van der Waals surface area contributed by atoms with Gasteiger partial charge in [-0.15, -0.1) is 0 Å². The summed E-state index contributed by atoms with van der Waals surface area (Å²) in [6.45, 7) is 14.3. The molecule has 4 heteroatoms. The molecule has 1 rings (SSSR count). The van der Waals surface area contributed by atoms with E-state index < -0.39 is 0 Å². The third-order valence-corrected chi connectivity index (χ3v) is 3.73. The molecular weight excluding hydrogens is 284 g/mol. The van der Waals surface area contributed by atoms with Gasteiger partial charge in [0.15, 0.2) is 0 Å². The Hall–Kier alpha value is -0.770. The van der Waals surface area contributed by atoms with E-state index in [1.165, 1.54) is 5.56 Å². The van der Waals surface area contributed by atoms with Gasteiger partial charge in [0.05, 0.1) is 5.02 Å². The molecule has 0 unspecified atom stereocenters. The first-order chi connectivity index (χ1) is 10.1. The number of nitrogens with one attached hydrogen (secondary N) is 1. The molecule has 0 bridgehead atoms. The smallest absolute Gasteiger partial charge is 0.137 e. The molecule has 0 atom stereocenters. The summed E-state index contributed by atoms with van der Waals surface area (Å²) in [5.74, 6) is 1.43. The maximum absolute atomic E-state index is 6.29. The van der Waals surface area contributed by atoms with E-state index in [1.54, 1.807) is 0 Å². The van der Waals surface area contributed by atoms with E-state index in [9.17, 15) is 0 Å². The summed E-state index contributed by atoms with van der Waals surface area (Å²) in [4.78, 5) is 2.33. The van der Waals surface area contributed by atoms with Gasteiger partial charge in [-0.05, 0) is 43.2 Å². The van der Waals surface area contributed by atoms with Gasteiger partial charge in [-0.2, -0.15) is 0 Å². The number of halogens is 1. The topological polar surface area (TPSA) is 24.5 Å². The minimum Gasteiger partial charge on any atom is -0.491 e. The number of rotatable bonds is 10. The van der Waals surface area contributed by atoms with Crippen LogP contribution in [0.4, 0.5) is 0 Å². The molecule has 3 nitrogen and oxygen atoms in total. The minimum atomic E-state index is 0.656. The van der Waals surface area contributed by atoms with E-state index >= 15 is 0 Å². The summed E-state index contributed by atoms with van der Waals surface area (Å²) in [5, 5.41) is 4.11. The highest BCUT2D eigenvalue weighted by atomic mass is 35.5. The average molecular weight is 313 g/mol. The number of ether oxygens (including phenoxy) is 1. The van der Waals surface area contributed by atoms with Crippen molar-refractivity contribution in [3.63, 3.8) is 0 Å². The van der Waals surface area contributed by atoms with Crippen LogP contribution in [0.25, 0.3) is 0 Å². The SMILES string of the molecule is CCN(CC)CCOc1ccc(CNCC(C)C)cc1Cl. The van der Waals surface area contributed by atoms with Crippen molar-refractivity contribution in [1.82, 2.24) is 10.2 Å². The maximum Gasteiger partial charge on any atom is 0.137 e. The van der Waals surface area contributed by atoms with Gasteiger partial charge in [0.2, 0.25) is 0 Å². The van der Waals surface area contributed by atoms with Crippen LogP contribution in [0.5, 0.6) is 5.75 Å². The van der Waals surface area contributed by atoms with E-state index in [2.05, 4.69) is 44.0 Å². The highest BCUT2D eigenvalue weighted by molar-refractivity contribution is 6.32. The molecule has 0 aromatic heterocycles. The van der Waals surface area contributed by atoms with E-state index in [1.807, 2.05) is 12.1 Å². The molecule has 0 saturated carbocycles. The van der Waals surface area contributed by atoms with Crippen molar-refractivity contribution in [2.75, 3.05) is 32.8 Å². The van der Waals surface area contributed by atoms with Crippen molar-refractivity contribution in [3.05, 3.63) is 28.8 Å². The summed E-state index contributed by atoms with van der Waals surface area (Å²) in [6.07, 6.45) is 0. The Labute approximate surface area is 134 Å². The second-order valence-corrected chi connectivity index (χ2v) is 6.07. The molecule has 0 aliphatic heterocycles. The monoisotopic (exact) mass is 312 g/mol. The Bertz CT molecular complexity index is 406. The Morgan fingerprint density at radius 3 is 2.52 bits per heavy atom. The van der Waals surface area contributed by atoms with Crippen molar-refractivity contribution < 1.29 is 4.74 Å². The fourth-order valence-corrected chi connectivity index (χ4v) is 2.36. The summed E-state index contributed by atoms with van der Waals surface area (Å²) < 4.78 is 5.77. The Morgan fingerprint density at radius 1 is 1.24 bits per heavy atom. The van der Waals surface area contributed by atoms with Crippen molar-refractivity contribution in [2.24, 2.45) is 5.92 Å². The van der Waals surface area contributed by atoms with Crippen LogP contribution in [0, 0.1) is 5.92 Å². The molecule has 0 aliphatic carbocycles. The normalized spacial score (nSPS) is 11.4. The average Bonchev–Trinajstić information content (AvgIpc) is 2.45. The van der Waals surface area contributed by atoms with E-state index in [0.717, 1.165) is 38.5 Å². The number of nitrogens with zero attached hydrogens (tertiary/aromatic N) is 1. The molecule has 1 N–H and O–H groups in total. The van der Waals surface area contributed by atoms with Gasteiger partial charge in [-0.25, -0.2) is 0 Å². The van der Waals surface area contributed by atoms with Crippen LogP contribution < -0.4 is 10.1 Å². The number of likely N-dealkylation sites (N-methyl/N-ethyl adjacent to an activating group) is 1. The lowest BCUT2D eigenvalue weighted by Gasteiger charge is -2.18. The molecule has 1 aromatic rings. The second-order valence-electron chi connectivity index (χ2n) is 5.66. The largest absolute Gasteiger partial charge is 0.491 e. The summed E-state index contributed by atoms with van der Waals surface area (Å²) in [6, 6.07) is 6.03. The third-order valence-electron chi connectivity index (χ3n) is 3.44. The lowest BCUT2D eigenvalue weighted by atomic mass is 10.2. The van der Waals surface area contributed by atoms with Crippen molar-refractivity contribution >= 4 is 11.6 Å². The van der Waals surface area contributed by atoms with Crippen LogP contribution in [-0.2, 0) is 6.54 Å². The fraction of sp³-hybridized carbons (Fsp3) is 0.647. The van der Waals surface area contributed by atoms with Gasteiger partial charge < -0.3 is 15.0 Å². The fourth-order valence-electron chi connectivity index (χ4n) is 2.10. The quantitative estimate of drug-likeness (QED) is 0.711. The number of hydrogen-bond donors (Lipinski definition) is 1. The molecule has 0 radical (unpaired) electrons. The lowest BCUT2D eigenvalue weighted by molar-refractivity contribution is 0.223. The van der Waals surface area contributed by atoms with Crippen LogP contribution in [0.15, 0.2) is 18.2 Å². The third kappa shape index (κ3) is 7.16. The van der Waals surface area contributed by atoms with Crippen LogP contribution >= 0.6 is 11.6 Å². The number of benzene rings is 1. The highest BCUT2D eigenvalue weighted by Gasteiger charge is 2.05. The Balaban J connectivity index is 2.43. The highest BCUT2D eigenvalue weighted by Crippen LogP contribution is 2.25. The Kier molecular flexibility index (Phi) is 8.74. The van der Waals surface area contributed by atoms with Gasteiger partial charge in [0.25, 0.3) is 0 Å². The first-order valence-electron chi connectivity index (χ1n) is 7.91. The predicted octanol–water partition coefficient (Wildman–Crippen LogP) is 3.81.